The van der Waals surface area contributed by atoms with Gasteiger partial charge >= 0.3 is 0 Å². The van der Waals surface area contributed by atoms with E-state index in [9.17, 15) is 9.59 Å². The Hall–Kier alpha value is -4.46. The molecule has 0 atom stereocenters. The minimum atomic E-state index is -0.296. The molecule has 8 nitrogen and oxygen atoms in total. The van der Waals surface area contributed by atoms with E-state index >= 15 is 0 Å². The highest BCUT2D eigenvalue weighted by molar-refractivity contribution is 5.96. The summed E-state index contributed by atoms with van der Waals surface area (Å²) in [7, 11) is 0. The van der Waals surface area contributed by atoms with Crippen LogP contribution in [0.25, 0.3) is 0 Å². The molecule has 0 aliphatic carbocycles. The van der Waals surface area contributed by atoms with E-state index in [4.69, 9.17) is 0 Å². The quantitative estimate of drug-likeness (QED) is 0.244. The number of carbonyl (C=O) groups is 2. The summed E-state index contributed by atoms with van der Waals surface area (Å²) < 4.78 is 0. The third-order valence-electron chi connectivity index (χ3n) is 4.87. The number of amides is 2. The number of hydrazone groups is 2. The van der Waals surface area contributed by atoms with Gasteiger partial charge < -0.3 is 10.6 Å². The molecule has 0 unspecified atom stereocenters. The average Bonchev–Trinajstić information content (AvgIpc) is 2.84. The smallest absolute Gasteiger partial charge is 0.271 e. The zero-order valence-corrected chi connectivity index (χ0v) is 20.9. The van der Waals surface area contributed by atoms with Crippen molar-refractivity contribution in [2.75, 3.05) is 10.6 Å². The molecule has 0 radical (unpaired) electrons. The van der Waals surface area contributed by atoms with Gasteiger partial charge in [0.25, 0.3) is 11.8 Å². The minimum absolute atomic E-state index is 0.296. The molecule has 2 amide bonds. The van der Waals surface area contributed by atoms with Gasteiger partial charge in [-0.1, -0.05) is 18.2 Å². The molecule has 3 rings (SSSR count). The number of hydrogen-bond acceptors (Lipinski definition) is 6. The molecule has 0 saturated carbocycles. The van der Waals surface area contributed by atoms with Crippen LogP contribution in [0.4, 0.5) is 11.4 Å². The maximum Gasteiger partial charge on any atom is 0.271 e. The van der Waals surface area contributed by atoms with E-state index in [1.54, 1.807) is 36.7 Å². The predicted octanol–water partition coefficient (Wildman–Crippen LogP) is 4.86. The van der Waals surface area contributed by atoms with Crippen LogP contribution in [0, 0.1) is 0 Å². The van der Waals surface area contributed by atoms with Crippen LogP contribution in [0.2, 0.25) is 0 Å². The van der Waals surface area contributed by atoms with Gasteiger partial charge in [-0.2, -0.15) is 10.2 Å². The van der Waals surface area contributed by atoms with Gasteiger partial charge in [0.15, 0.2) is 0 Å². The first-order valence-corrected chi connectivity index (χ1v) is 11.8. The van der Waals surface area contributed by atoms with Crippen molar-refractivity contribution in [1.82, 2.24) is 10.9 Å². The monoisotopic (exact) mass is 484 g/mol. The highest BCUT2D eigenvalue weighted by atomic mass is 16.2. The van der Waals surface area contributed by atoms with E-state index < -0.39 is 0 Å². The van der Waals surface area contributed by atoms with Gasteiger partial charge in [-0.15, -0.1) is 0 Å². The lowest BCUT2D eigenvalue weighted by Crippen LogP contribution is -2.18. The lowest BCUT2D eigenvalue weighted by Gasteiger charge is -2.10. The Labute approximate surface area is 211 Å². The molecule has 0 aliphatic rings. The SMILES string of the molecule is CC(C)Nc1ccc(C(=O)NN=Cc2cccc(C=NNC(=O)c3ccc(NC(C)C)cc3)c2)cc1. The molecular formula is C28H32N6O2. The normalized spacial score (nSPS) is 11.3. The highest BCUT2D eigenvalue weighted by Gasteiger charge is 2.05. The number of carbonyl (C=O) groups excluding carboxylic acids is 2. The van der Waals surface area contributed by atoms with E-state index in [2.05, 4.69) is 59.4 Å². The standard InChI is InChI=1S/C28H32N6O2/c1-19(2)31-25-12-8-23(9-13-25)27(35)33-29-17-21-6-5-7-22(16-21)18-30-34-28(36)24-10-14-26(15-11-24)32-20(3)4/h5-20,31-32H,1-4H3,(H,33,35)(H,34,36). The van der Waals surface area contributed by atoms with Crippen molar-refractivity contribution in [2.45, 2.75) is 39.8 Å². The van der Waals surface area contributed by atoms with Gasteiger partial charge in [-0.05, 0) is 93.4 Å². The summed E-state index contributed by atoms with van der Waals surface area (Å²) in [5, 5.41) is 14.6. The fourth-order valence-corrected chi connectivity index (χ4v) is 3.28. The molecule has 0 heterocycles. The Morgan fingerprint density at radius 1 is 0.639 bits per heavy atom. The molecule has 0 saturated heterocycles. The van der Waals surface area contributed by atoms with Crippen LogP contribution in [0.3, 0.4) is 0 Å². The molecule has 0 spiro atoms. The van der Waals surface area contributed by atoms with Crippen molar-refractivity contribution in [3.8, 4) is 0 Å². The summed E-state index contributed by atoms with van der Waals surface area (Å²) in [5.41, 5.74) is 9.56. The van der Waals surface area contributed by atoms with Gasteiger partial charge in [0.2, 0.25) is 0 Å². The largest absolute Gasteiger partial charge is 0.383 e. The number of nitrogens with zero attached hydrogens (tertiary/aromatic N) is 2. The van der Waals surface area contributed by atoms with E-state index in [0.717, 1.165) is 22.5 Å². The average molecular weight is 485 g/mol. The number of anilines is 2. The second-order valence-corrected chi connectivity index (χ2v) is 8.82. The summed E-state index contributed by atoms with van der Waals surface area (Å²) in [4.78, 5) is 24.6. The number of nitrogens with one attached hydrogen (secondary N) is 4. The molecule has 8 heteroatoms. The summed E-state index contributed by atoms with van der Waals surface area (Å²) in [5.74, 6) is -0.591. The first-order valence-electron chi connectivity index (χ1n) is 11.8. The molecule has 4 N–H and O–H groups in total. The molecule has 0 bridgehead atoms. The summed E-state index contributed by atoms with van der Waals surface area (Å²) in [6.45, 7) is 8.21. The lowest BCUT2D eigenvalue weighted by atomic mass is 10.1. The molecule has 3 aromatic carbocycles. The van der Waals surface area contributed by atoms with E-state index in [1.807, 2.05) is 48.5 Å². The van der Waals surface area contributed by atoms with Crippen LogP contribution in [0.15, 0.2) is 83.0 Å². The van der Waals surface area contributed by atoms with E-state index in [1.165, 1.54) is 0 Å². The summed E-state index contributed by atoms with van der Waals surface area (Å²) in [6.07, 6.45) is 3.10. The van der Waals surface area contributed by atoms with Crippen molar-refractivity contribution in [3.63, 3.8) is 0 Å². The van der Waals surface area contributed by atoms with Crippen molar-refractivity contribution >= 4 is 35.6 Å². The van der Waals surface area contributed by atoms with Gasteiger partial charge in [-0.3, -0.25) is 9.59 Å². The molecule has 3 aromatic rings. The van der Waals surface area contributed by atoms with Crippen LogP contribution in [0.1, 0.15) is 59.5 Å². The Morgan fingerprint density at radius 2 is 1.03 bits per heavy atom. The zero-order valence-electron chi connectivity index (χ0n) is 20.9. The Balaban J connectivity index is 1.51. The third-order valence-corrected chi connectivity index (χ3v) is 4.87. The fraction of sp³-hybridized carbons (Fsp3) is 0.214. The maximum absolute atomic E-state index is 12.3. The minimum Gasteiger partial charge on any atom is -0.383 e. The fourth-order valence-electron chi connectivity index (χ4n) is 3.28. The molecule has 0 aliphatic heterocycles. The molecule has 36 heavy (non-hydrogen) atoms. The number of hydrogen-bond donors (Lipinski definition) is 4. The van der Waals surface area contributed by atoms with Crippen LogP contribution in [0.5, 0.6) is 0 Å². The van der Waals surface area contributed by atoms with E-state index in [-0.39, 0.29) is 11.8 Å². The molecule has 0 fully saturated rings. The second-order valence-electron chi connectivity index (χ2n) is 8.82. The van der Waals surface area contributed by atoms with E-state index in [0.29, 0.717) is 23.2 Å². The van der Waals surface area contributed by atoms with Crippen LogP contribution < -0.4 is 21.5 Å². The van der Waals surface area contributed by atoms with Gasteiger partial charge in [-0.25, -0.2) is 10.9 Å². The topological polar surface area (TPSA) is 107 Å². The van der Waals surface area contributed by atoms with Crippen molar-refractivity contribution in [3.05, 3.63) is 95.1 Å². The Kier molecular flexibility index (Phi) is 9.33. The first-order chi connectivity index (χ1) is 17.3. The second kappa shape index (κ2) is 12.9. The Bertz CT molecular complexity index is 1120. The van der Waals surface area contributed by atoms with Crippen molar-refractivity contribution < 1.29 is 9.59 Å². The lowest BCUT2D eigenvalue weighted by molar-refractivity contribution is 0.0947. The van der Waals surface area contributed by atoms with Crippen molar-refractivity contribution in [1.29, 1.82) is 0 Å². The predicted molar refractivity (Wildman–Crippen MR) is 147 cm³/mol. The summed E-state index contributed by atoms with van der Waals surface area (Å²) in [6, 6.07) is 22.4. The Morgan fingerprint density at radius 3 is 1.39 bits per heavy atom. The van der Waals surface area contributed by atoms with Crippen LogP contribution >= 0.6 is 0 Å². The zero-order chi connectivity index (χ0) is 25.9. The van der Waals surface area contributed by atoms with Crippen LogP contribution in [-0.2, 0) is 0 Å². The van der Waals surface area contributed by atoms with Gasteiger partial charge in [0.05, 0.1) is 12.4 Å². The molecule has 0 aromatic heterocycles. The van der Waals surface area contributed by atoms with Gasteiger partial charge in [0, 0.05) is 34.6 Å². The number of benzene rings is 3. The highest BCUT2D eigenvalue weighted by Crippen LogP contribution is 2.12. The third kappa shape index (κ3) is 8.39. The molecular weight excluding hydrogens is 452 g/mol. The van der Waals surface area contributed by atoms with Gasteiger partial charge in [0.1, 0.15) is 0 Å². The van der Waals surface area contributed by atoms with Crippen molar-refractivity contribution in [2.24, 2.45) is 10.2 Å². The van der Waals surface area contributed by atoms with Crippen LogP contribution in [-0.4, -0.2) is 36.3 Å². The number of rotatable bonds is 10. The molecule has 186 valence electrons. The summed E-state index contributed by atoms with van der Waals surface area (Å²) >= 11 is 0. The first kappa shape index (κ1) is 26.2. The maximum atomic E-state index is 12.3.